The first-order chi connectivity index (χ1) is 15.0. The Labute approximate surface area is 189 Å². The van der Waals surface area contributed by atoms with Crippen LogP contribution in [0.1, 0.15) is 56.7 Å². The van der Waals surface area contributed by atoms with E-state index in [-0.39, 0.29) is 0 Å². The average molecular weight is 463 g/mol. The SMILES string of the molecule is CCCCCc1cc(OC(=O)OCCS(=O)(=O)O)c2c(c1)OC(C)(C)c1ccc(C)cc1-2. The Hall–Kier alpha value is -2.58. The zero-order chi connectivity index (χ0) is 23.5. The van der Waals surface area contributed by atoms with Crippen molar-refractivity contribution in [1.29, 1.82) is 0 Å². The number of carbonyl (C=O) groups excluding carboxylic acids is 1. The fourth-order valence-corrected chi connectivity index (χ4v) is 4.16. The van der Waals surface area contributed by atoms with E-state index in [0.717, 1.165) is 47.9 Å². The van der Waals surface area contributed by atoms with Crippen LogP contribution in [0.5, 0.6) is 11.5 Å². The second kappa shape index (κ2) is 9.50. The van der Waals surface area contributed by atoms with Gasteiger partial charge in [0.1, 0.15) is 29.5 Å². The standard InChI is InChI=1S/C24H30O7S/c1-5-6-7-8-17-14-20(30-23(25)29-11-12-32(26,27)28)22-18-13-16(2)9-10-19(18)24(3,4)31-21(22)15-17/h9-10,13-15H,5-8,11-12H2,1-4H3,(H,26,27,28). The third-order valence-electron chi connectivity index (χ3n) is 5.41. The molecule has 1 heterocycles. The first-order valence-electron chi connectivity index (χ1n) is 10.8. The minimum absolute atomic E-state index is 0.299. The molecule has 7 nitrogen and oxygen atoms in total. The number of aryl methyl sites for hydroxylation is 2. The molecule has 0 radical (unpaired) electrons. The Balaban J connectivity index is 2.00. The van der Waals surface area contributed by atoms with Gasteiger partial charge in [0.05, 0.1) is 5.56 Å². The molecule has 0 fully saturated rings. The van der Waals surface area contributed by atoms with Crippen LogP contribution in [0.25, 0.3) is 11.1 Å². The maximum absolute atomic E-state index is 12.3. The summed E-state index contributed by atoms with van der Waals surface area (Å²) in [4.78, 5) is 12.3. The van der Waals surface area contributed by atoms with E-state index < -0.39 is 34.2 Å². The molecular weight excluding hydrogens is 432 g/mol. The van der Waals surface area contributed by atoms with Crippen LogP contribution in [0.15, 0.2) is 30.3 Å². The van der Waals surface area contributed by atoms with Crippen LogP contribution in [0.4, 0.5) is 4.79 Å². The molecule has 174 valence electrons. The molecule has 3 rings (SSSR count). The summed E-state index contributed by atoms with van der Waals surface area (Å²) in [6.07, 6.45) is 2.93. The number of carbonyl (C=O) groups is 1. The molecule has 0 aliphatic carbocycles. The van der Waals surface area contributed by atoms with Crippen LogP contribution in [0.3, 0.4) is 0 Å². The van der Waals surface area contributed by atoms with Gasteiger partial charge in [-0.3, -0.25) is 4.55 Å². The third-order valence-corrected chi connectivity index (χ3v) is 6.09. The second-order valence-electron chi connectivity index (χ2n) is 8.57. The number of ether oxygens (including phenoxy) is 3. The number of hydrogen-bond acceptors (Lipinski definition) is 6. The molecule has 0 atom stereocenters. The smallest absolute Gasteiger partial charge is 0.482 e. The van der Waals surface area contributed by atoms with Gasteiger partial charge in [-0.15, -0.1) is 0 Å². The van der Waals surface area contributed by atoms with E-state index in [9.17, 15) is 13.2 Å². The van der Waals surface area contributed by atoms with Gasteiger partial charge in [-0.2, -0.15) is 8.42 Å². The van der Waals surface area contributed by atoms with Gasteiger partial charge in [0.25, 0.3) is 10.1 Å². The lowest BCUT2D eigenvalue weighted by Crippen LogP contribution is -2.29. The highest BCUT2D eigenvalue weighted by atomic mass is 32.2. The number of benzene rings is 2. The van der Waals surface area contributed by atoms with Crippen molar-refractivity contribution < 1.29 is 32.0 Å². The molecule has 0 bridgehead atoms. The van der Waals surface area contributed by atoms with E-state index >= 15 is 0 Å². The van der Waals surface area contributed by atoms with Gasteiger partial charge in [-0.05, 0) is 56.9 Å². The Bertz CT molecular complexity index is 1100. The third kappa shape index (κ3) is 5.81. The average Bonchev–Trinajstić information content (AvgIpc) is 2.66. The number of hydrogen-bond donors (Lipinski definition) is 1. The van der Waals surface area contributed by atoms with E-state index in [1.807, 2.05) is 51.1 Å². The normalized spacial score (nSPS) is 14.2. The fraction of sp³-hybridized carbons (Fsp3) is 0.458. The van der Waals surface area contributed by atoms with Gasteiger partial charge in [0.15, 0.2) is 0 Å². The van der Waals surface area contributed by atoms with E-state index in [4.69, 9.17) is 18.8 Å². The zero-order valence-electron chi connectivity index (χ0n) is 18.9. The lowest BCUT2D eigenvalue weighted by atomic mass is 9.84. The van der Waals surface area contributed by atoms with Gasteiger partial charge in [-0.25, -0.2) is 4.79 Å². The molecule has 1 N–H and O–H groups in total. The van der Waals surface area contributed by atoms with E-state index in [1.165, 1.54) is 0 Å². The van der Waals surface area contributed by atoms with Crippen LogP contribution in [0, 0.1) is 6.92 Å². The fourth-order valence-electron chi connectivity index (χ4n) is 3.86. The van der Waals surface area contributed by atoms with Crippen molar-refractivity contribution in [3.63, 3.8) is 0 Å². The molecule has 2 aromatic carbocycles. The molecular formula is C24H30O7S. The molecule has 0 saturated carbocycles. The van der Waals surface area contributed by atoms with Gasteiger partial charge in [0.2, 0.25) is 0 Å². The summed E-state index contributed by atoms with van der Waals surface area (Å²) >= 11 is 0. The molecule has 32 heavy (non-hydrogen) atoms. The first-order valence-corrected chi connectivity index (χ1v) is 12.4. The van der Waals surface area contributed by atoms with Crippen molar-refractivity contribution in [3.8, 4) is 22.6 Å². The number of unbranched alkanes of at least 4 members (excludes halogenated alkanes) is 2. The van der Waals surface area contributed by atoms with Crippen LogP contribution in [-0.4, -0.2) is 31.5 Å². The quantitative estimate of drug-likeness (QED) is 0.242. The zero-order valence-corrected chi connectivity index (χ0v) is 19.8. The van der Waals surface area contributed by atoms with E-state index in [1.54, 1.807) is 0 Å². The van der Waals surface area contributed by atoms with Crippen molar-refractivity contribution >= 4 is 16.3 Å². The highest BCUT2D eigenvalue weighted by Crippen LogP contribution is 2.50. The van der Waals surface area contributed by atoms with Crippen molar-refractivity contribution in [3.05, 3.63) is 47.0 Å². The molecule has 0 spiro atoms. The van der Waals surface area contributed by atoms with Crippen molar-refractivity contribution in [1.82, 2.24) is 0 Å². The molecule has 8 heteroatoms. The van der Waals surface area contributed by atoms with E-state index in [0.29, 0.717) is 17.1 Å². The first kappa shape index (κ1) is 24.1. The summed E-state index contributed by atoms with van der Waals surface area (Å²) in [5.74, 6) is 0.229. The summed E-state index contributed by atoms with van der Waals surface area (Å²) in [5, 5.41) is 0. The van der Waals surface area contributed by atoms with Crippen LogP contribution in [-0.2, 0) is 26.9 Å². The topological polar surface area (TPSA) is 99.1 Å². The molecule has 0 aromatic heterocycles. The molecule has 0 amide bonds. The predicted octanol–water partition coefficient (Wildman–Crippen LogP) is 5.43. The summed E-state index contributed by atoms with van der Waals surface area (Å²) < 4.78 is 47.3. The largest absolute Gasteiger partial charge is 0.513 e. The van der Waals surface area contributed by atoms with Gasteiger partial charge < -0.3 is 14.2 Å². The Morgan fingerprint density at radius 1 is 1.16 bits per heavy atom. The molecule has 0 unspecified atom stereocenters. The van der Waals surface area contributed by atoms with Gasteiger partial charge in [-0.1, -0.05) is 43.5 Å². The predicted molar refractivity (Wildman–Crippen MR) is 122 cm³/mol. The minimum atomic E-state index is -4.24. The summed E-state index contributed by atoms with van der Waals surface area (Å²) in [5.41, 5.74) is 4.02. The van der Waals surface area contributed by atoms with Crippen LogP contribution in [0.2, 0.25) is 0 Å². The summed E-state index contributed by atoms with van der Waals surface area (Å²) in [6, 6.07) is 9.86. The Morgan fingerprint density at radius 2 is 1.91 bits per heavy atom. The van der Waals surface area contributed by atoms with Gasteiger partial charge in [0, 0.05) is 5.56 Å². The molecule has 1 aliphatic heterocycles. The number of fused-ring (bicyclic) bond motifs is 3. The highest BCUT2D eigenvalue weighted by molar-refractivity contribution is 7.85. The van der Waals surface area contributed by atoms with Crippen molar-refractivity contribution in [2.45, 2.75) is 59.0 Å². The van der Waals surface area contributed by atoms with Crippen LogP contribution < -0.4 is 9.47 Å². The maximum atomic E-state index is 12.3. The van der Waals surface area contributed by atoms with Crippen LogP contribution >= 0.6 is 0 Å². The molecule has 2 aromatic rings. The number of rotatable bonds is 8. The Morgan fingerprint density at radius 3 is 2.59 bits per heavy atom. The minimum Gasteiger partial charge on any atom is -0.482 e. The van der Waals surface area contributed by atoms with Crippen molar-refractivity contribution in [2.24, 2.45) is 0 Å². The lowest BCUT2D eigenvalue weighted by Gasteiger charge is -2.36. The Kier molecular flexibility index (Phi) is 7.15. The lowest BCUT2D eigenvalue weighted by molar-refractivity contribution is 0.0999. The highest BCUT2D eigenvalue weighted by Gasteiger charge is 2.35. The monoisotopic (exact) mass is 462 g/mol. The summed E-state index contributed by atoms with van der Waals surface area (Å²) in [7, 11) is -4.24. The van der Waals surface area contributed by atoms with E-state index in [2.05, 4.69) is 6.92 Å². The summed E-state index contributed by atoms with van der Waals surface area (Å²) in [6.45, 7) is 7.62. The molecule has 0 saturated heterocycles. The van der Waals surface area contributed by atoms with Crippen molar-refractivity contribution in [2.75, 3.05) is 12.4 Å². The molecule has 1 aliphatic rings. The second-order valence-corrected chi connectivity index (χ2v) is 10.1. The van der Waals surface area contributed by atoms with Gasteiger partial charge >= 0.3 is 6.16 Å². The maximum Gasteiger partial charge on any atom is 0.513 e.